The molecule has 0 saturated heterocycles. The number of rotatable bonds is 3. The summed E-state index contributed by atoms with van der Waals surface area (Å²) < 4.78 is 0. The largest absolute Gasteiger partial charge is 0.289 e. The first-order valence-electron chi connectivity index (χ1n) is 9.76. The van der Waals surface area contributed by atoms with Crippen LogP contribution >= 0.6 is 8.58 Å². The number of hydrogen-bond acceptors (Lipinski definition) is 1. The van der Waals surface area contributed by atoms with Gasteiger partial charge < -0.3 is 0 Å². The predicted octanol–water partition coefficient (Wildman–Crippen LogP) is 6.66. The molecule has 146 valence electrons. The second-order valence-electron chi connectivity index (χ2n) is 9.92. The zero-order valence-electron chi connectivity index (χ0n) is 18.7. The lowest BCUT2D eigenvalue weighted by Gasteiger charge is -2.23. The molecule has 0 amide bonds. The highest BCUT2D eigenvalue weighted by molar-refractivity contribution is 7.66. The summed E-state index contributed by atoms with van der Waals surface area (Å²) in [4.78, 5) is 13.2. The Morgan fingerprint density at radius 1 is 0.667 bits per heavy atom. The lowest BCUT2D eigenvalue weighted by molar-refractivity contribution is 0.108. The molecule has 0 aromatic heterocycles. The van der Waals surface area contributed by atoms with Gasteiger partial charge in [0.1, 0.15) is 0 Å². The Bertz CT molecular complexity index is 830. The van der Waals surface area contributed by atoms with Crippen molar-refractivity contribution in [3.05, 3.63) is 63.2 Å². The first kappa shape index (κ1) is 21.8. The van der Waals surface area contributed by atoms with Crippen molar-refractivity contribution in [2.24, 2.45) is 0 Å². The van der Waals surface area contributed by atoms with Gasteiger partial charge in [0.15, 0.2) is 5.52 Å². The minimum absolute atomic E-state index is 0.0926. The zero-order valence-corrected chi connectivity index (χ0v) is 19.7. The van der Waals surface area contributed by atoms with Crippen LogP contribution in [0.1, 0.15) is 85.3 Å². The van der Waals surface area contributed by atoms with Crippen LogP contribution in [0.4, 0.5) is 0 Å². The lowest BCUT2D eigenvalue weighted by Crippen LogP contribution is -2.17. The van der Waals surface area contributed by atoms with Crippen molar-refractivity contribution in [1.29, 1.82) is 0 Å². The van der Waals surface area contributed by atoms with Crippen LogP contribution < -0.4 is 5.30 Å². The summed E-state index contributed by atoms with van der Waals surface area (Å²) >= 11 is 0. The molecule has 0 aliphatic heterocycles. The molecule has 2 aromatic rings. The average molecular weight is 383 g/mol. The molecular formula is C25H35OP. The van der Waals surface area contributed by atoms with Crippen molar-refractivity contribution < 1.29 is 4.79 Å². The maximum absolute atomic E-state index is 13.2. The van der Waals surface area contributed by atoms with E-state index >= 15 is 0 Å². The van der Waals surface area contributed by atoms with Crippen molar-refractivity contribution in [3.8, 4) is 0 Å². The molecular weight excluding hydrogens is 347 g/mol. The summed E-state index contributed by atoms with van der Waals surface area (Å²) in [5, 5.41) is 1.20. The van der Waals surface area contributed by atoms with Crippen LogP contribution in [-0.4, -0.2) is 5.52 Å². The third kappa shape index (κ3) is 4.88. The monoisotopic (exact) mass is 382 g/mol. The molecule has 2 heteroatoms. The van der Waals surface area contributed by atoms with Crippen molar-refractivity contribution in [2.75, 3.05) is 0 Å². The van der Waals surface area contributed by atoms with Crippen LogP contribution in [0.3, 0.4) is 0 Å². The molecule has 0 aliphatic carbocycles. The van der Waals surface area contributed by atoms with Crippen LogP contribution in [0.5, 0.6) is 0 Å². The Morgan fingerprint density at radius 2 is 1.00 bits per heavy atom. The van der Waals surface area contributed by atoms with Crippen molar-refractivity contribution in [2.45, 2.75) is 80.1 Å². The highest BCUT2D eigenvalue weighted by Gasteiger charge is 2.21. The van der Waals surface area contributed by atoms with Gasteiger partial charge in [-0.25, -0.2) is 0 Å². The second kappa shape index (κ2) is 7.51. The third-order valence-electron chi connectivity index (χ3n) is 5.26. The van der Waals surface area contributed by atoms with Crippen molar-refractivity contribution >= 4 is 19.4 Å². The zero-order chi connectivity index (χ0) is 20.7. The molecule has 0 N–H and O–H groups in total. The SMILES string of the molecule is Cc1cc(C(C)(C)C)cc(C)c1PC(=O)c1c(C)cc(C(C)(C)C)cc1C. The summed E-state index contributed by atoms with van der Waals surface area (Å²) in [5.41, 5.74) is 8.64. The van der Waals surface area contributed by atoms with E-state index in [1.165, 1.54) is 27.6 Å². The predicted molar refractivity (Wildman–Crippen MR) is 122 cm³/mol. The summed E-state index contributed by atoms with van der Waals surface area (Å²) in [5.74, 6) is 0. The third-order valence-corrected chi connectivity index (χ3v) is 6.78. The summed E-state index contributed by atoms with van der Waals surface area (Å²) in [6.07, 6.45) is 0. The fourth-order valence-corrected chi connectivity index (χ4v) is 4.81. The standard InChI is InChI=1S/C25H35OP/c1-15-11-19(24(5,6)7)12-16(2)21(15)23(26)27-22-17(3)13-20(14-18(22)4)25(8,9)10/h11-14,27H,1-10H3. The van der Waals surface area contributed by atoms with Gasteiger partial charge in [-0.05, 0) is 85.8 Å². The van der Waals surface area contributed by atoms with E-state index in [2.05, 4.69) is 93.5 Å². The summed E-state index contributed by atoms with van der Waals surface area (Å²) in [7, 11) is 0.170. The number of aryl methyl sites for hydroxylation is 4. The van der Waals surface area contributed by atoms with E-state index in [0.717, 1.165) is 16.7 Å². The molecule has 1 unspecified atom stereocenters. The van der Waals surface area contributed by atoms with E-state index in [4.69, 9.17) is 0 Å². The van der Waals surface area contributed by atoms with E-state index in [1.807, 2.05) is 0 Å². The lowest BCUT2D eigenvalue weighted by atomic mass is 9.84. The number of carbonyl (C=O) groups excluding carboxylic acids is 1. The molecule has 2 aromatic carbocycles. The van der Waals surface area contributed by atoms with Gasteiger partial charge in [0.05, 0.1) is 0 Å². The van der Waals surface area contributed by atoms with Gasteiger partial charge in [0.25, 0.3) is 0 Å². The first-order valence-corrected chi connectivity index (χ1v) is 10.8. The Kier molecular flexibility index (Phi) is 6.08. The normalized spacial score (nSPS) is 12.8. The summed E-state index contributed by atoms with van der Waals surface area (Å²) in [6, 6.07) is 8.89. The number of benzene rings is 2. The molecule has 0 bridgehead atoms. The Labute approximate surface area is 167 Å². The molecule has 0 saturated carbocycles. The van der Waals surface area contributed by atoms with Gasteiger partial charge in [0.2, 0.25) is 0 Å². The Balaban J connectivity index is 2.42. The topological polar surface area (TPSA) is 17.1 Å². The fourth-order valence-electron chi connectivity index (χ4n) is 3.52. The van der Waals surface area contributed by atoms with Crippen LogP contribution in [0.25, 0.3) is 0 Å². The molecule has 2 rings (SSSR count). The van der Waals surface area contributed by atoms with Crippen LogP contribution in [0, 0.1) is 27.7 Å². The van der Waals surface area contributed by atoms with Gasteiger partial charge in [-0.1, -0.05) is 65.8 Å². The number of hydrogen-bond donors (Lipinski definition) is 0. The first-order chi connectivity index (χ1) is 12.2. The van der Waals surface area contributed by atoms with Gasteiger partial charge in [-0.15, -0.1) is 0 Å². The Morgan fingerprint density at radius 3 is 1.33 bits per heavy atom. The highest BCUT2D eigenvalue weighted by atomic mass is 31.1. The minimum Gasteiger partial charge on any atom is -0.289 e. The van der Waals surface area contributed by atoms with E-state index in [0.29, 0.717) is 0 Å². The quantitative estimate of drug-likeness (QED) is 0.543. The summed E-state index contributed by atoms with van der Waals surface area (Å²) in [6.45, 7) is 21.8. The second-order valence-corrected chi connectivity index (χ2v) is 11.1. The smallest absolute Gasteiger partial charge is 0.186 e. The van der Waals surface area contributed by atoms with Crippen LogP contribution in [-0.2, 0) is 10.8 Å². The minimum atomic E-state index is 0.0926. The van der Waals surface area contributed by atoms with Crippen molar-refractivity contribution in [1.82, 2.24) is 0 Å². The molecule has 1 atom stereocenters. The van der Waals surface area contributed by atoms with Crippen LogP contribution in [0.2, 0.25) is 0 Å². The molecule has 0 aliphatic rings. The van der Waals surface area contributed by atoms with E-state index < -0.39 is 0 Å². The molecule has 0 fully saturated rings. The van der Waals surface area contributed by atoms with E-state index in [1.54, 1.807) is 0 Å². The number of carbonyl (C=O) groups is 1. The maximum Gasteiger partial charge on any atom is 0.186 e. The molecule has 1 nitrogen and oxygen atoms in total. The Hall–Kier alpha value is -1.46. The van der Waals surface area contributed by atoms with Gasteiger partial charge >= 0.3 is 0 Å². The molecule has 0 spiro atoms. The average Bonchev–Trinajstić information content (AvgIpc) is 2.48. The molecule has 0 heterocycles. The van der Waals surface area contributed by atoms with Crippen LogP contribution in [0.15, 0.2) is 24.3 Å². The fraction of sp³-hybridized carbons (Fsp3) is 0.480. The van der Waals surface area contributed by atoms with Gasteiger partial charge in [-0.3, -0.25) is 4.79 Å². The van der Waals surface area contributed by atoms with Gasteiger partial charge in [0, 0.05) is 5.56 Å². The van der Waals surface area contributed by atoms with Gasteiger partial charge in [-0.2, -0.15) is 0 Å². The van der Waals surface area contributed by atoms with E-state index in [9.17, 15) is 4.79 Å². The molecule has 27 heavy (non-hydrogen) atoms. The van der Waals surface area contributed by atoms with E-state index in [-0.39, 0.29) is 24.9 Å². The van der Waals surface area contributed by atoms with Crippen molar-refractivity contribution in [3.63, 3.8) is 0 Å². The highest BCUT2D eigenvalue weighted by Crippen LogP contribution is 2.32. The maximum atomic E-state index is 13.2. The molecule has 0 radical (unpaired) electrons.